The molecule has 1 aliphatic rings. The Kier molecular flexibility index (Phi) is 19.1. The molecule has 32 heavy (non-hydrogen) atoms. The SMILES string of the molecule is CCCCCCCCCCCCCC(=O)NCC[N+](C)(CCCO)CN1CCCC1=O.[Cl-]. The van der Waals surface area contributed by atoms with Gasteiger partial charge in [-0.1, -0.05) is 71.1 Å². The standard InChI is InChI=1S/C25H49N3O3.ClH/c1-3-4-5-6-7-8-9-10-11-12-13-16-24(30)26-18-21-28(2,20-15-22-29)23-27-19-14-17-25(27)31;/h29H,3-23H2,1-2H3;1H. The van der Waals surface area contributed by atoms with Gasteiger partial charge in [-0.25, -0.2) is 0 Å². The predicted octanol–water partition coefficient (Wildman–Crippen LogP) is 1.22. The van der Waals surface area contributed by atoms with Gasteiger partial charge in [-0.15, -0.1) is 0 Å². The Morgan fingerprint density at radius 1 is 0.969 bits per heavy atom. The highest BCUT2D eigenvalue weighted by molar-refractivity contribution is 5.77. The number of nitrogens with one attached hydrogen (secondary N) is 1. The van der Waals surface area contributed by atoms with Crippen molar-refractivity contribution in [1.29, 1.82) is 0 Å². The summed E-state index contributed by atoms with van der Waals surface area (Å²) in [5.41, 5.74) is 0. The molecule has 0 aromatic rings. The summed E-state index contributed by atoms with van der Waals surface area (Å²) in [7, 11) is 2.12. The van der Waals surface area contributed by atoms with Gasteiger partial charge in [0.15, 0.2) is 6.67 Å². The first-order valence-electron chi connectivity index (χ1n) is 13.0. The predicted molar refractivity (Wildman–Crippen MR) is 128 cm³/mol. The number of hydrogen-bond donors (Lipinski definition) is 2. The van der Waals surface area contributed by atoms with Gasteiger partial charge in [0.25, 0.3) is 0 Å². The molecular formula is C25H50ClN3O3. The molecule has 7 heteroatoms. The Balaban J connectivity index is 0.00000961. The van der Waals surface area contributed by atoms with Crippen molar-refractivity contribution in [2.24, 2.45) is 0 Å². The van der Waals surface area contributed by atoms with Crippen LogP contribution in [-0.2, 0) is 9.59 Å². The number of aliphatic hydroxyl groups is 1. The lowest BCUT2D eigenvalue weighted by Crippen LogP contribution is -3.00. The van der Waals surface area contributed by atoms with E-state index in [1.165, 1.54) is 57.8 Å². The number of amides is 2. The van der Waals surface area contributed by atoms with Crippen molar-refractivity contribution in [2.75, 3.05) is 46.5 Å². The number of unbranched alkanes of at least 4 members (excludes halogenated alkanes) is 10. The molecule has 1 fully saturated rings. The van der Waals surface area contributed by atoms with E-state index in [2.05, 4.69) is 19.3 Å². The number of halogens is 1. The van der Waals surface area contributed by atoms with E-state index in [0.29, 0.717) is 37.0 Å². The second kappa shape index (κ2) is 19.6. The van der Waals surface area contributed by atoms with Crippen molar-refractivity contribution in [3.05, 3.63) is 0 Å². The molecule has 190 valence electrons. The highest BCUT2D eigenvalue weighted by Crippen LogP contribution is 2.15. The molecule has 1 saturated heterocycles. The number of quaternary nitrogens is 1. The van der Waals surface area contributed by atoms with E-state index >= 15 is 0 Å². The van der Waals surface area contributed by atoms with Crippen molar-refractivity contribution < 1.29 is 31.6 Å². The monoisotopic (exact) mass is 475 g/mol. The molecule has 1 heterocycles. The van der Waals surface area contributed by atoms with Crippen molar-refractivity contribution in [3.63, 3.8) is 0 Å². The lowest BCUT2D eigenvalue weighted by Gasteiger charge is -2.37. The van der Waals surface area contributed by atoms with Crippen molar-refractivity contribution >= 4 is 11.8 Å². The molecule has 0 aromatic carbocycles. The zero-order valence-electron chi connectivity index (χ0n) is 20.9. The van der Waals surface area contributed by atoms with E-state index in [-0.39, 0.29) is 30.8 Å². The van der Waals surface area contributed by atoms with E-state index in [4.69, 9.17) is 0 Å². The maximum absolute atomic E-state index is 12.2. The minimum absolute atomic E-state index is 0. The number of carbonyl (C=O) groups excluding carboxylic acids is 2. The van der Waals surface area contributed by atoms with Gasteiger partial charge in [-0.2, -0.15) is 0 Å². The third kappa shape index (κ3) is 15.1. The first kappa shape index (κ1) is 31.1. The summed E-state index contributed by atoms with van der Waals surface area (Å²) in [6, 6.07) is 0. The number of rotatable bonds is 20. The molecule has 0 bridgehead atoms. The van der Waals surface area contributed by atoms with E-state index in [1.54, 1.807) is 0 Å². The average molecular weight is 476 g/mol. The zero-order valence-corrected chi connectivity index (χ0v) is 21.6. The van der Waals surface area contributed by atoms with Gasteiger partial charge in [0, 0.05) is 32.4 Å². The summed E-state index contributed by atoms with van der Waals surface area (Å²) in [4.78, 5) is 26.1. The van der Waals surface area contributed by atoms with Crippen LogP contribution in [0.5, 0.6) is 0 Å². The number of carbonyl (C=O) groups is 2. The summed E-state index contributed by atoms with van der Waals surface area (Å²) in [5, 5.41) is 12.3. The lowest BCUT2D eigenvalue weighted by molar-refractivity contribution is -0.916. The lowest BCUT2D eigenvalue weighted by atomic mass is 10.1. The number of nitrogens with zero attached hydrogens (tertiary/aromatic N) is 2. The largest absolute Gasteiger partial charge is 1.00 e. The fraction of sp³-hybridized carbons (Fsp3) is 0.920. The van der Waals surface area contributed by atoms with Crippen molar-refractivity contribution in [2.45, 2.75) is 103 Å². The molecule has 0 aliphatic carbocycles. The number of aliphatic hydroxyl groups excluding tert-OH is 1. The zero-order chi connectivity index (χ0) is 22.8. The molecular weight excluding hydrogens is 426 g/mol. The fourth-order valence-electron chi connectivity index (χ4n) is 4.47. The van der Waals surface area contributed by atoms with Crippen LogP contribution in [0.25, 0.3) is 0 Å². The average Bonchev–Trinajstić information content (AvgIpc) is 3.14. The van der Waals surface area contributed by atoms with Gasteiger partial charge in [0.2, 0.25) is 11.8 Å². The van der Waals surface area contributed by atoms with E-state index < -0.39 is 0 Å². The van der Waals surface area contributed by atoms with Crippen LogP contribution in [0, 0.1) is 0 Å². The Bertz CT molecular complexity index is 493. The van der Waals surface area contributed by atoms with E-state index in [0.717, 1.165) is 38.9 Å². The Hall–Kier alpha value is -0.850. The molecule has 0 aromatic heterocycles. The molecule has 0 spiro atoms. The minimum Gasteiger partial charge on any atom is -1.00 e. The number of hydrogen-bond acceptors (Lipinski definition) is 3. The topological polar surface area (TPSA) is 69.6 Å². The summed E-state index contributed by atoms with van der Waals surface area (Å²) in [6.45, 7) is 6.15. The molecule has 0 saturated carbocycles. The normalized spacial score (nSPS) is 15.5. The second-order valence-corrected chi connectivity index (χ2v) is 9.68. The number of likely N-dealkylation sites (tertiary alicyclic amines) is 1. The smallest absolute Gasteiger partial charge is 0.226 e. The molecule has 2 N–H and O–H groups in total. The molecule has 1 rings (SSSR count). The highest BCUT2D eigenvalue weighted by Gasteiger charge is 2.30. The molecule has 1 aliphatic heterocycles. The van der Waals surface area contributed by atoms with Gasteiger partial charge in [0.1, 0.15) is 0 Å². The molecule has 1 unspecified atom stereocenters. The van der Waals surface area contributed by atoms with Crippen LogP contribution >= 0.6 is 0 Å². The Morgan fingerprint density at radius 2 is 1.56 bits per heavy atom. The van der Waals surface area contributed by atoms with Crippen LogP contribution in [0.3, 0.4) is 0 Å². The van der Waals surface area contributed by atoms with Crippen molar-refractivity contribution in [3.8, 4) is 0 Å². The first-order chi connectivity index (χ1) is 15.0. The molecule has 0 radical (unpaired) electrons. The van der Waals surface area contributed by atoms with Crippen molar-refractivity contribution in [1.82, 2.24) is 10.2 Å². The van der Waals surface area contributed by atoms with Crippen LogP contribution < -0.4 is 17.7 Å². The maximum atomic E-state index is 12.2. The van der Waals surface area contributed by atoms with Gasteiger partial charge in [-0.3, -0.25) is 14.5 Å². The van der Waals surface area contributed by atoms with Crippen LogP contribution in [-0.4, -0.2) is 72.8 Å². The Labute approximate surface area is 203 Å². The van der Waals surface area contributed by atoms with Crippen LogP contribution in [0.2, 0.25) is 0 Å². The van der Waals surface area contributed by atoms with Gasteiger partial charge >= 0.3 is 0 Å². The Morgan fingerprint density at radius 3 is 2.09 bits per heavy atom. The van der Waals surface area contributed by atoms with Crippen LogP contribution in [0.15, 0.2) is 0 Å². The summed E-state index contributed by atoms with van der Waals surface area (Å²) < 4.78 is 0.686. The molecule has 1 atom stereocenters. The minimum atomic E-state index is 0. The van der Waals surface area contributed by atoms with Gasteiger partial charge in [0.05, 0.1) is 26.7 Å². The van der Waals surface area contributed by atoms with E-state index in [1.807, 2.05) is 4.90 Å². The second-order valence-electron chi connectivity index (χ2n) is 9.68. The third-order valence-corrected chi connectivity index (χ3v) is 6.52. The third-order valence-electron chi connectivity index (χ3n) is 6.52. The fourth-order valence-corrected chi connectivity index (χ4v) is 4.47. The van der Waals surface area contributed by atoms with E-state index in [9.17, 15) is 14.7 Å². The first-order valence-corrected chi connectivity index (χ1v) is 13.0. The summed E-state index contributed by atoms with van der Waals surface area (Å²) in [5.74, 6) is 0.371. The molecule has 2 amide bonds. The quantitative estimate of drug-likeness (QED) is 0.205. The summed E-state index contributed by atoms with van der Waals surface area (Å²) in [6.07, 6.45) is 17.1. The number of likely N-dealkylation sites (N-methyl/N-ethyl adjacent to an activating group) is 1. The van der Waals surface area contributed by atoms with Crippen LogP contribution in [0.4, 0.5) is 0 Å². The highest BCUT2D eigenvalue weighted by atomic mass is 35.5. The van der Waals surface area contributed by atoms with Crippen LogP contribution in [0.1, 0.15) is 103 Å². The van der Waals surface area contributed by atoms with Gasteiger partial charge in [-0.05, 0) is 12.8 Å². The molecule has 6 nitrogen and oxygen atoms in total. The maximum Gasteiger partial charge on any atom is 0.226 e. The van der Waals surface area contributed by atoms with Gasteiger partial charge < -0.3 is 27.3 Å². The summed E-state index contributed by atoms with van der Waals surface area (Å²) >= 11 is 0.